The number of benzene rings is 1. The van der Waals surface area contributed by atoms with Crippen LogP contribution in [0.3, 0.4) is 0 Å². The molecule has 0 saturated carbocycles. The molecular weight excluding hydrogens is 234 g/mol. The molecule has 0 unspecified atom stereocenters. The lowest BCUT2D eigenvalue weighted by molar-refractivity contribution is -0.131. The molecule has 5 heteroatoms. The van der Waals surface area contributed by atoms with Crippen molar-refractivity contribution in [3.05, 3.63) is 35.9 Å². The Hall–Kier alpha value is -2.43. The summed E-state index contributed by atoms with van der Waals surface area (Å²) in [6.07, 6.45) is 1.28. The normalized spacial score (nSPS) is 14.8. The Morgan fingerprint density at radius 3 is 2.56 bits per heavy atom. The van der Waals surface area contributed by atoms with Crippen LogP contribution < -0.4 is 9.64 Å². The van der Waals surface area contributed by atoms with E-state index in [0.29, 0.717) is 17.0 Å². The first-order valence-corrected chi connectivity index (χ1v) is 5.34. The van der Waals surface area contributed by atoms with Gasteiger partial charge >= 0.3 is 5.97 Å². The van der Waals surface area contributed by atoms with Crippen LogP contribution in [-0.2, 0) is 14.4 Å². The number of rotatable bonds is 2. The summed E-state index contributed by atoms with van der Waals surface area (Å²) in [6.45, 7) is 2.86. The summed E-state index contributed by atoms with van der Waals surface area (Å²) in [4.78, 5) is 35.3. The van der Waals surface area contributed by atoms with Crippen molar-refractivity contribution < 1.29 is 19.1 Å². The van der Waals surface area contributed by atoms with Gasteiger partial charge in [0.2, 0.25) is 0 Å². The van der Waals surface area contributed by atoms with Gasteiger partial charge in [-0.2, -0.15) is 0 Å². The predicted octanol–water partition coefficient (Wildman–Crippen LogP) is 1.43. The topological polar surface area (TPSA) is 63.7 Å². The molecule has 0 atom stereocenters. The standard InChI is InChI=1S/C13H11NO4/c1-8-6-12(16)14(13(8)17)10-4-3-5-11(7-10)18-9(2)15/h3-7H,1-2H3. The number of imide groups is 1. The van der Waals surface area contributed by atoms with Crippen LogP contribution in [0.2, 0.25) is 0 Å². The highest BCUT2D eigenvalue weighted by Gasteiger charge is 2.29. The molecule has 0 saturated heterocycles. The van der Waals surface area contributed by atoms with E-state index in [4.69, 9.17) is 4.74 Å². The molecule has 0 spiro atoms. The number of anilines is 1. The highest BCUT2D eigenvalue weighted by Crippen LogP contribution is 2.25. The Morgan fingerprint density at radius 1 is 1.28 bits per heavy atom. The minimum atomic E-state index is -0.458. The fourth-order valence-corrected chi connectivity index (χ4v) is 1.68. The van der Waals surface area contributed by atoms with Gasteiger partial charge in [-0.15, -0.1) is 0 Å². The van der Waals surface area contributed by atoms with E-state index in [1.807, 2.05) is 0 Å². The third kappa shape index (κ3) is 2.15. The number of esters is 1. The number of hydrogen-bond donors (Lipinski definition) is 0. The molecule has 1 aliphatic rings. The smallest absolute Gasteiger partial charge is 0.308 e. The lowest BCUT2D eigenvalue weighted by Gasteiger charge is -2.15. The van der Waals surface area contributed by atoms with Gasteiger partial charge in [-0.05, 0) is 19.1 Å². The average Bonchev–Trinajstić information content (AvgIpc) is 2.52. The average molecular weight is 245 g/mol. The van der Waals surface area contributed by atoms with Gasteiger partial charge in [0.15, 0.2) is 0 Å². The van der Waals surface area contributed by atoms with Gasteiger partial charge in [-0.25, -0.2) is 4.90 Å². The highest BCUT2D eigenvalue weighted by molar-refractivity contribution is 6.30. The van der Waals surface area contributed by atoms with Crippen LogP contribution in [0.25, 0.3) is 0 Å². The SMILES string of the molecule is CC(=O)Oc1cccc(N2C(=O)C=C(C)C2=O)c1. The molecule has 0 fully saturated rings. The number of ether oxygens (including phenoxy) is 1. The van der Waals surface area contributed by atoms with Gasteiger partial charge in [0.1, 0.15) is 5.75 Å². The fourth-order valence-electron chi connectivity index (χ4n) is 1.68. The molecule has 5 nitrogen and oxygen atoms in total. The largest absolute Gasteiger partial charge is 0.427 e. The van der Waals surface area contributed by atoms with Crippen LogP contribution >= 0.6 is 0 Å². The predicted molar refractivity (Wildman–Crippen MR) is 64.0 cm³/mol. The molecule has 1 heterocycles. The van der Waals surface area contributed by atoms with Crippen molar-refractivity contribution in [2.45, 2.75) is 13.8 Å². The zero-order valence-corrected chi connectivity index (χ0v) is 9.97. The number of amides is 2. The van der Waals surface area contributed by atoms with E-state index >= 15 is 0 Å². The quantitative estimate of drug-likeness (QED) is 0.449. The molecule has 1 aromatic rings. The van der Waals surface area contributed by atoms with E-state index in [2.05, 4.69) is 0 Å². The second-order valence-corrected chi connectivity index (χ2v) is 3.90. The summed E-state index contributed by atoms with van der Waals surface area (Å²) in [6, 6.07) is 6.27. The number of hydrogen-bond acceptors (Lipinski definition) is 4. The Balaban J connectivity index is 2.32. The maximum absolute atomic E-state index is 11.8. The maximum atomic E-state index is 11.8. The molecular formula is C13H11NO4. The van der Waals surface area contributed by atoms with Gasteiger partial charge in [-0.3, -0.25) is 14.4 Å². The van der Waals surface area contributed by atoms with Gasteiger partial charge in [0.05, 0.1) is 5.69 Å². The van der Waals surface area contributed by atoms with E-state index < -0.39 is 11.9 Å². The Labute approximate surface area is 104 Å². The van der Waals surface area contributed by atoms with Gasteiger partial charge in [0, 0.05) is 24.6 Å². The van der Waals surface area contributed by atoms with Crippen LogP contribution in [0.1, 0.15) is 13.8 Å². The van der Waals surface area contributed by atoms with Crippen molar-refractivity contribution in [2.24, 2.45) is 0 Å². The van der Waals surface area contributed by atoms with Crippen LogP contribution in [-0.4, -0.2) is 17.8 Å². The molecule has 92 valence electrons. The molecule has 0 radical (unpaired) electrons. The Morgan fingerprint density at radius 2 is 2.00 bits per heavy atom. The molecule has 0 aliphatic carbocycles. The Bertz CT molecular complexity index is 574. The lowest BCUT2D eigenvalue weighted by Crippen LogP contribution is -2.30. The second kappa shape index (κ2) is 4.44. The first-order chi connectivity index (χ1) is 8.49. The second-order valence-electron chi connectivity index (χ2n) is 3.90. The van der Waals surface area contributed by atoms with Crippen LogP contribution in [0.5, 0.6) is 5.75 Å². The van der Waals surface area contributed by atoms with Crippen molar-refractivity contribution in [2.75, 3.05) is 4.90 Å². The van der Waals surface area contributed by atoms with Crippen LogP contribution in [0, 0.1) is 0 Å². The minimum Gasteiger partial charge on any atom is -0.427 e. The van der Waals surface area contributed by atoms with Gasteiger partial charge in [0.25, 0.3) is 11.8 Å². The summed E-state index contributed by atoms with van der Waals surface area (Å²) in [5.74, 6) is -0.914. The number of carbonyl (C=O) groups is 3. The van der Waals surface area contributed by atoms with E-state index in [0.717, 1.165) is 4.90 Å². The zero-order chi connectivity index (χ0) is 13.3. The van der Waals surface area contributed by atoms with Crippen molar-refractivity contribution in [3.63, 3.8) is 0 Å². The third-order valence-corrected chi connectivity index (χ3v) is 2.44. The Kier molecular flexibility index (Phi) is 2.97. The summed E-state index contributed by atoms with van der Waals surface area (Å²) in [7, 11) is 0. The maximum Gasteiger partial charge on any atom is 0.308 e. The van der Waals surface area contributed by atoms with Gasteiger partial charge < -0.3 is 4.74 Å². The molecule has 1 aromatic carbocycles. The molecule has 0 bridgehead atoms. The third-order valence-electron chi connectivity index (χ3n) is 2.44. The zero-order valence-electron chi connectivity index (χ0n) is 9.97. The molecule has 0 aromatic heterocycles. The van der Waals surface area contributed by atoms with Crippen molar-refractivity contribution in [1.82, 2.24) is 0 Å². The first kappa shape index (κ1) is 12.0. The molecule has 2 amide bonds. The number of nitrogens with zero attached hydrogens (tertiary/aromatic N) is 1. The van der Waals surface area contributed by atoms with E-state index in [1.165, 1.54) is 19.1 Å². The number of carbonyl (C=O) groups excluding carboxylic acids is 3. The summed E-state index contributed by atoms with van der Waals surface area (Å²) in [5, 5.41) is 0. The molecule has 2 rings (SSSR count). The molecule has 1 aliphatic heterocycles. The summed E-state index contributed by atoms with van der Waals surface area (Å²) in [5.41, 5.74) is 0.773. The lowest BCUT2D eigenvalue weighted by atomic mass is 10.2. The summed E-state index contributed by atoms with van der Waals surface area (Å²) >= 11 is 0. The monoisotopic (exact) mass is 245 g/mol. The van der Waals surface area contributed by atoms with Crippen molar-refractivity contribution in [3.8, 4) is 5.75 Å². The van der Waals surface area contributed by atoms with Crippen LogP contribution in [0.4, 0.5) is 5.69 Å². The fraction of sp³-hybridized carbons (Fsp3) is 0.154. The van der Waals surface area contributed by atoms with E-state index in [1.54, 1.807) is 25.1 Å². The highest BCUT2D eigenvalue weighted by atomic mass is 16.5. The van der Waals surface area contributed by atoms with Gasteiger partial charge in [-0.1, -0.05) is 6.07 Å². The minimum absolute atomic E-state index is 0.296. The van der Waals surface area contributed by atoms with Crippen LogP contribution in [0.15, 0.2) is 35.9 Å². The van der Waals surface area contributed by atoms with Crippen molar-refractivity contribution >= 4 is 23.5 Å². The summed E-state index contributed by atoms with van der Waals surface area (Å²) < 4.78 is 4.91. The van der Waals surface area contributed by atoms with Crippen molar-refractivity contribution in [1.29, 1.82) is 0 Å². The molecule has 0 N–H and O–H groups in total. The molecule has 18 heavy (non-hydrogen) atoms. The first-order valence-electron chi connectivity index (χ1n) is 5.34. The van der Waals surface area contributed by atoms with E-state index in [-0.39, 0.29) is 5.91 Å². The van der Waals surface area contributed by atoms with E-state index in [9.17, 15) is 14.4 Å².